The Morgan fingerprint density at radius 1 is 1.35 bits per heavy atom. The van der Waals surface area contributed by atoms with Gasteiger partial charge in [0.25, 0.3) is 0 Å². The first-order chi connectivity index (χ1) is 9.33. The largest absolute Gasteiger partial charge is 0.460 e. The minimum absolute atomic E-state index is 0.0326. The topological polar surface area (TPSA) is 55.0 Å². The van der Waals surface area contributed by atoms with Crippen LogP contribution in [-0.2, 0) is 9.53 Å². The van der Waals surface area contributed by atoms with Crippen molar-refractivity contribution >= 4 is 17.7 Å². The molecule has 0 aromatic carbocycles. The highest BCUT2D eigenvalue weighted by Crippen LogP contribution is 2.35. The molecule has 0 amide bonds. The molecular weight excluding hydrogens is 272 g/mol. The minimum Gasteiger partial charge on any atom is -0.460 e. The summed E-state index contributed by atoms with van der Waals surface area (Å²) in [5, 5.41) is 1.54. The molecule has 1 saturated carbocycles. The number of nitrogens with zero attached hydrogens (tertiary/aromatic N) is 1. The monoisotopic (exact) mass is 296 g/mol. The molecule has 0 atom stereocenters. The number of aromatic amines is 1. The molecule has 20 heavy (non-hydrogen) atoms. The van der Waals surface area contributed by atoms with Crippen molar-refractivity contribution in [2.24, 2.45) is 5.92 Å². The maximum atomic E-state index is 12.0. The molecule has 0 bridgehead atoms. The van der Waals surface area contributed by atoms with Crippen molar-refractivity contribution in [3.05, 3.63) is 11.9 Å². The predicted octanol–water partition coefficient (Wildman–Crippen LogP) is 3.71. The van der Waals surface area contributed by atoms with Gasteiger partial charge in [-0.05, 0) is 53.4 Å². The van der Waals surface area contributed by atoms with Gasteiger partial charge in [0.1, 0.15) is 5.60 Å². The van der Waals surface area contributed by atoms with Crippen molar-refractivity contribution < 1.29 is 9.53 Å². The molecule has 0 saturated heterocycles. The number of H-pyrrole nitrogens is 1. The van der Waals surface area contributed by atoms with Gasteiger partial charge in [-0.15, -0.1) is 0 Å². The summed E-state index contributed by atoms with van der Waals surface area (Å²) in [7, 11) is 0. The van der Waals surface area contributed by atoms with Crippen LogP contribution in [0.2, 0.25) is 0 Å². The Morgan fingerprint density at radius 3 is 2.50 bits per heavy atom. The van der Waals surface area contributed by atoms with E-state index in [0.29, 0.717) is 5.25 Å². The van der Waals surface area contributed by atoms with Crippen LogP contribution in [0.4, 0.5) is 0 Å². The first kappa shape index (κ1) is 15.4. The summed E-state index contributed by atoms with van der Waals surface area (Å²) in [4.78, 5) is 19.6. The van der Waals surface area contributed by atoms with E-state index >= 15 is 0 Å². The van der Waals surface area contributed by atoms with E-state index in [-0.39, 0.29) is 17.5 Å². The van der Waals surface area contributed by atoms with Crippen LogP contribution in [0.3, 0.4) is 0 Å². The zero-order valence-corrected chi connectivity index (χ0v) is 13.5. The number of aromatic nitrogens is 2. The third-order valence-electron chi connectivity index (χ3n) is 3.37. The van der Waals surface area contributed by atoms with E-state index in [0.717, 1.165) is 36.5 Å². The van der Waals surface area contributed by atoms with Crippen LogP contribution in [0.15, 0.2) is 11.4 Å². The summed E-state index contributed by atoms with van der Waals surface area (Å²) < 4.78 is 5.47. The van der Waals surface area contributed by atoms with Gasteiger partial charge in [0.2, 0.25) is 0 Å². The molecular formula is C15H24N2O2S. The Balaban J connectivity index is 1.79. The van der Waals surface area contributed by atoms with Crippen LogP contribution < -0.4 is 0 Å². The molecule has 1 heterocycles. The number of aryl methyl sites for hydroxylation is 1. The minimum atomic E-state index is -0.381. The van der Waals surface area contributed by atoms with E-state index < -0.39 is 0 Å². The number of esters is 1. The van der Waals surface area contributed by atoms with Gasteiger partial charge in [-0.25, -0.2) is 4.98 Å². The van der Waals surface area contributed by atoms with Crippen molar-refractivity contribution in [3.8, 4) is 0 Å². The number of ether oxygens (including phenoxy) is 1. The third kappa shape index (κ3) is 4.54. The van der Waals surface area contributed by atoms with Gasteiger partial charge in [-0.1, -0.05) is 11.8 Å². The Bertz CT molecular complexity index is 457. The molecule has 2 rings (SSSR count). The molecule has 1 aromatic rings. The Hall–Kier alpha value is -0.970. The summed E-state index contributed by atoms with van der Waals surface area (Å²) in [6, 6.07) is 0. The summed E-state index contributed by atoms with van der Waals surface area (Å²) in [6.45, 7) is 7.78. The molecule has 4 nitrogen and oxygen atoms in total. The molecule has 0 radical (unpaired) electrons. The highest BCUT2D eigenvalue weighted by atomic mass is 32.2. The van der Waals surface area contributed by atoms with E-state index in [9.17, 15) is 4.79 Å². The normalized spacial score (nSPS) is 23.6. The number of imidazole rings is 1. The lowest BCUT2D eigenvalue weighted by molar-refractivity contribution is -0.161. The number of rotatable bonds is 3. The van der Waals surface area contributed by atoms with Crippen molar-refractivity contribution in [1.29, 1.82) is 0 Å². The Kier molecular flexibility index (Phi) is 4.78. The first-order valence-corrected chi connectivity index (χ1v) is 8.12. The summed E-state index contributed by atoms with van der Waals surface area (Å²) in [5.41, 5.74) is 0.712. The van der Waals surface area contributed by atoms with E-state index in [1.807, 2.05) is 33.9 Å². The van der Waals surface area contributed by atoms with Crippen LogP contribution in [-0.4, -0.2) is 26.8 Å². The summed E-state index contributed by atoms with van der Waals surface area (Å²) >= 11 is 1.79. The molecule has 1 aliphatic carbocycles. The molecule has 0 unspecified atom stereocenters. The molecule has 0 aliphatic heterocycles. The molecule has 112 valence electrons. The van der Waals surface area contributed by atoms with E-state index in [2.05, 4.69) is 9.97 Å². The molecule has 1 fully saturated rings. The van der Waals surface area contributed by atoms with Crippen LogP contribution in [0, 0.1) is 12.8 Å². The summed E-state index contributed by atoms with van der Waals surface area (Å²) in [5.74, 6) is 0.0409. The van der Waals surface area contributed by atoms with Crippen LogP contribution in [0.25, 0.3) is 0 Å². The molecule has 1 aromatic heterocycles. The van der Waals surface area contributed by atoms with E-state index in [4.69, 9.17) is 4.74 Å². The average Bonchev–Trinajstić information content (AvgIpc) is 2.73. The second kappa shape index (κ2) is 6.20. The van der Waals surface area contributed by atoms with Gasteiger partial charge in [0, 0.05) is 17.1 Å². The number of carbonyl (C=O) groups is 1. The van der Waals surface area contributed by atoms with Crippen LogP contribution in [0.5, 0.6) is 0 Å². The zero-order chi connectivity index (χ0) is 14.8. The smallest absolute Gasteiger partial charge is 0.309 e. The van der Waals surface area contributed by atoms with Gasteiger partial charge < -0.3 is 9.72 Å². The van der Waals surface area contributed by atoms with Crippen LogP contribution in [0.1, 0.15) is 52.1 Å². The fraction of sp³-hybridized carbons (Fsp3) is 0.733. The van der Waals surface area contributed by atoms with E-state index in [1.54, 1.807) is 11.8 Å². The lowest BCUT2D eigenvalue weighted by atomic mass is 9.89. The van der Waals surface area contributed by atoms with E-state index in [1.165, 1.54) is 0 Å². The highest BCUT2D eigenvalue weighted by Gasteiger charge is 2.30. The molecule has 0 spiro atoms. The van der Waals surface area contributed by atoms with Crippen molar-refractivity contribution in [2.75, 3.05) is 0 Å². The van der Waals surface area contributed by atoms with Gasteiger partial charge in [-0.3, -0.25) is 4.79 Å². The van der Waals surface area contributed by atoms with Crippen molar-refractivity contribution in [2.45, 2.75) is 69.4 Å². The number of nitrogens with one attached hydrogen (secondary N) is 1. The standard InChI is InChI=1S/C15H24N2O2S/c1-10-9-16-14(17-10)20-12-7-5-11(6-8-12)13(18)19-15(2,3)4/h9,11-12H,5-8H2,1-4H3,(H,16,17). The second-order valence-corrected chi connectivity index (χ2v) is 7.79. The second-order valence-electron chi connectivity index (χ2n) is 6.50. The van der Waals surface area contributed by atoms with Gasteiger partial charge in [0.15, 0.2) is 5.16 Å². The van der Waals surface area contributed by atoms with Gasteiger partial charge >= 0.3 is 5.97 Å². The number of hydrogen-bond donors (Lipinski definition) is 1. The average molecular weight is 296 g/mol. The Labute approximate surface area is 125 Å². The molecule has 1 aliphatic rings. The SMILES string of the molecule is Cc1cnc(SC2CCC(C(=O)OC(C)(C)C)CC2)[nH]1. The summed E-state index contributed by atoms with van der Waals surface area (Å²) in [6.07, 6.45) is 5.80. The quantitative estimate of drug-likeness (QED) is 0.864. The lowest BCUT2D eigenvalue weighted by Crippen LogP contribution is -2.31. The highest BCUT2D eigenvalue weighted by molar-refractivity contribution is 7.99. The van der Waals surface area contributed by atoms with Gasteiger partial charge in [-0.2, -0.15) is 0 Å². The van der Waals surface area contributed by atoms with Gasteiger partial charge in [0.05, 0.1) is 5.92 Å². The number of carbonyl (C=O) groups excluding carboxylic acids is 1. The fourth-order valence-electron chi connectivity index (χ4n) is 2.41. The maximum Gasteiger partial charge on any atom is 0.309 e. The van der Waals surface area contributed by atoms with Crippen molar-refractivity contribution in [3.63, 3.8) is 0 Å². The molecule has 1 N–H and O–H groups in total. The third-order valence-corrected chi connectivity index (χ3v) is 4.61. The predicted molar refractivity (Wildman–Crippen MR) is 80.8 cm³/mol. The lowest BCUT2D eigenvalue weighted by Gasteiger charge is -2.29. The Morgan fingerprint density at radius 2 is 2.00 bits per heavy atom. The van der Waals surface area contributed by atoms with Crippen molar-refractivity contribution in [1.82, 2.24) is 9.97 Å². The number of thioether (sulfide) groups is 1. The molecule has 5 heteroatoms. The van der Waals surface area contributed by atoms with Crippen LogP contribution >= 0.6 is 11.8 Å². The number of hydrogen-bond acceptors (Lipinski definition) is 4. The first-order valence-electron chi connectivity index (χ1n) is 7.24. The fourth-order valence-corrected chi connectivity index (χ4v) is 3.57. The zero-order valence-electron chi connectivity index (χ0n) is 12.7. The maximum absolute atomic E-state index is 12.0.